The molecule has 0 N–H and O–H groups in total. The van der Waals surface area contributed by atoms with Gasteiger partial charge in [-0.15, -0.1) is 0 Å². The summed E-state index contributed by atoms with van der Waals surface area (Å²) in [6.45, 7) is 4.99. The monoisotopic (exact) mass is 357 g/mol. The van der Waals surface area contributed by atoms with E-state index < -0.39 is 7.92 Å². The van der Waals surface area contributed by atoms with Crippen LogP contribution in [0.2, 0.25) is 0 Å². The molecule has 4 rings (SSSR count). The van der Waals surface area contributed by atoms with E-state index in [-0.39, 0.29) is 6.04 Å². The van der Waals surface area contributed by atoms with E-state index in [1.807, 2.05) is 12.1 Å². The first-order chi connectivity index (χ1) is 12.7. The summed E-state index contributed by atoms with van der Waals surface area (Å²) in [7, 11) is -0.754. The van der Waals surface area contributed by atoms with Crippen molar-refractivity contribution in [2.24, 2.45) is 10.9 Å². The number of hydrogen-bond acceptors (Lipinski definition) is 2. The van der Waals surface area contributed by atoms with Crippen molar-refractivity contribution in [1.82, 2.24) is 0 Å². The SMILES string of the molecule is CC(C)[C@@H]1COC(C2=C=C=C=C2P(c2ccccc2)c2ccccc2)=N1. The number of aliphatic imine (C=N–C) groups is 1. The van der Waals surface area contributed by atoms with Crippen molar-refractivity contribution < 1.29 is 4.74 Å². The number of hydrogen-bond donors (Lipinski definition) is 0. The zero-order valence-corrected chi connectivity index (χ0v) is 15.8. The second kappa shape index (κ2) is 7.35. The van der Waals surface area contributed by atoms with Gasteiger partial charge in [-0.1, -0.05) is 80.2 Å². The minimum atomic E-state index is -0.754. The van der Waals surface area contributed by atoms with Gasteiger partial charge in [-0.3, -0.25) is 0 Å². The highest BCUT2D eigenvalue weighted by Gasteiger charge is 2.31. The maximum absolute atomic E-state index is 5.92. The molecule has 2 aromatic carbocycles. The van der Waals surface area contributed by atoms with Gasteiger partial charge in [-0.05, 0) is 35.9 Å². The van der Waals surface area contributed by atoms with Gasteiger partial charge in [0.05, 0.1) is 11.4 Å². The van der Waals surface area contributed by atoms with Gasteiger partial charge in [0.2, 0.25) is 5.90 Å². The van der Waals surface area contributed by atoms with Gasteiger partial charge in [0.1, 0.15) is 12.2 Å². The maximum atomic E-state index is 5.92. The molecule has 2 aliphatic rings. The topological polar surface area (TPSA) is 21.6 Å². The standard InChI is InChI=1S/C23H20NOP/c1-17(2)21-16-25-23(24-21)20-14-9-15-22(20)26(18-10-5-3-6-11-18)19-12-7-4-8-13-19/h3-8,10-13,17,21H,16H2,1-2H3/t21-/m0/s1. The van der Waals surface area contributed by atoms with Crippen LogP contribution in [-0.4, -0.2) is 18.5 Å². The molecule has 0 spiro atoms. The minimum Gasteiger partial charge on any atom is -0.475 e. The molecular formula is C23H20NOP. The molecule has 1 aliphatic heterocycles. The number of benzene rings is 2. The largest absolute Gasteiger partial charge is 0.475 e. The summed E-state index contributed by atoms with van der Waals surface area (Å²) in [5.41, 5.74) is 10.5. The van der Waals surface area contributed by atoms with Crippen LogP contribution in [-0.2, 0) is 4.74 Å². The average Bonchev–Trinajstić information content (AvgIpc) is 3.33. The van der Waals surface area contributed by atoms with Crippen molar-refractivity contribution in [1.29, 1.82) is 0 Å². The molecule has 128 valence electrons. The van der Waals surface area contributed by atoms with Gasteiger partial charge in [0, 0.05) is 0 Å². The van der Waals surface area contributed by atoms with Crippen LogP contribution in [0.5, 0.6) is 0 Å². The summed E-state index contributed by atoms with van der Waals surface area (Å²) in [4.78, 5) is 4.79. The molecule has 0 amide bonds. The predicted octanol–water partition coefficient (Wildman–Crippen LogP) is 4.31. The van der Waals surface area contributed by atoms with Gasteiger partial charge in [-0.25, -0.2) is 4.99 Å². The lowest BCUT2D eigenvalue weighted by Gasteiger charge is -2.20. The molecule has 0 fully saturated rings. The predicted molar refractivity (Wildman–Crippen MR) is 109 cm³/mol. The van der Waals surface area contributed by atoms with Crippen molar-refractivity contribution in [2.45, 2.75) is 19.9 Å². The fraction of sp³-hybridized carbons (Fsp3) is 0.217. The Balaban J connectivity index is 1.75. The van der Waals surface area contributed by atoms with E-state index in [0.29, 0.717) is 18.4 Å². The molecule has 2 aromatic rings. The van der Waals surface area contributed by atoms with Gasteiger partial charge < -0.3 is 4.74 Å². The first-order valence-electron chi connectivity index (χ1n) is 8.86. The Kier molecular flexibility index (Phi) is 4.77. The van der Waals surface area contributed by atoms with E-state index in [1.165, 1.54) is 10.6 Å². The lowest BCUT2D eigenvalue weighted by atomic mass is 10.1. The Morgan fingerprint density at radius 2 is 1.58 bits per heavy atom. The van der Waals surface area contributed by atoms with Crippen LogP contribution in [0.25, 0.3) is 0 Å². The molecule has 0 unspecified atom stereocenters. The summed E-state index contributed by atoms with van der Waals surface area (Å²) >= 11 is 0. The van der Waals surface area contributed by atoms with Crippen molar-refractivity contribution in [3.05, 3.63) is 88.7 Å². The summed E-state index contributed by atoms with van der Waals surface area (Å²) in [5.74, 6) is 1.15. The van der Waals surface area contributed by atoms with Crippen LogP contribution in [0.4, 0.5) is 0 Å². The lowest BCUT2D eigenvalue weighted by Crippen LogP contribution is -2.15. The lowest BCUT2D eigenvalue weighted by molar-refractivity contribution is 0.292. The highest BCUT2D eigenvalue weighted by molar-refractivity contribution is 7.77. The second-order valence-electron chi connectivity index (χ2n) is 6.66. The van der Waals surface area contributed by atoms with Crippen molar-refractivity contribution in [3.63, 3.8) is 0 Å². The van der Waals surface area contributed by atoms with Crippen molar-refractivity contribution in [3.8, 4) is 0 Å². The van der Waals surface area contributed by atoms with Crippen molar-refractivity contribution >= 4 is 24.4 Å². The van der Waals surface area contributed by atoms with Crippen LogP contribution >= 0.6 is 7.92 Å². The normalized spacial score (nSPS) is 18.2. The molecule has 0 bridgehead atoms. The van der Waals surface area contributed by atoms with Crippen LogP contribution in [0.15, 0.2) is 93.7 Å². The Morgan fingerprint density at radius 1 is 0.962 bits per heavy atom. The molecule has 1 heterocycles. The molecule has 1 atom stereocenters. The molecule has 0 saturated carbocycles. The third-order valence-electron chi connectivity index (χ3n) is 4.51. The maximum Gasteiger partial charge on any atom is 0.226 e. The molecule has 0 aromatic heterocycles. The zero-order chi connectivity index (χ0) is 17.9. The Hall–Kier alpha value is -2.58. The number of ether oxygens (including phenoxy) is 1. The number of rotatable bonds is 5. The Morgan fingerprint density at radius 3 is 2.12 bits per heavy atom. The highest BCUT2D eigenvalue weighted by atomic mass is 31.1. The van der Waals surface area contributed by atoms with Crippen LogP contribution < -0.4 is 10.6 Å². The summed E-state index contributed by atoms with van der Waals surface area (Å²) < 4.78 is 5.92. The van der Waals surface area contributed by atoms with Crippen LogP contribution in [0.3, 0.4) is 0 Å². The van der Waals surface area contributed by atoms with E-state index in [9.17, 15) is 0 Å². The molecule has 3 heteroatoms. The Bertz CT molecular complexity index is 932. The van der Waals surface area contributed by atoms with Crippen LogP contribution in [0, 0.1) is 5.92 Å². The fourth-order valence-electron chi connectivity index (χ4n) is 3.03. The van der Waals surface area contributed by atoms with E-state index >= 15 is 0 Å². The molecule has 0 radical (unpaired) electrons. The first kappa shape index (κ1) is 16.9. The third-order valence-corrected chi connectivity index (χ3v) is 6.93. The quantitative estimate of drug-likeness (QED) is 0.577. The summed E-state index contributed by atoms with van der Waals surface area (Å²) in [6.07, 6.45) is 0. The fourth-order valence-corrected chi connectivity index (χ4v) is 5.32. The Labute approximate surface area is 155 Å². The molecular weight excluding hydrogens is 337 g/mol. The first-order valence-corrected chi connectivity index (χ1v) is 10.2. The van der Waals surface area contributed by atoms with Gasteiger partial charge in [-0.2, -0.15) is 0 Å². The van der Waals surface area contributed by atoms with Crippen LogP contribution in [0.1, 0.15) is 13.8 Å². The third kappa shape index (κ3) is 3.25. The second-order valence-corrected chi connectivity index (χ2v) is 8.81. The zero-order valence-electron chi connectivity index (χ0n) is 14.9. The van der Waals surface area contributed by atoms with E-state index in [0.717, 1.165) is 10.9 Å². The van der Waals surface area contributed by atoms with E-state index in [1.54, 1.807) is 0 Å². The molecule has 2 nitrogen and oxygen atoms in total. The van der Waals surface area contributed by atoms with Gasteiger partial charge in [0.25, 0.3) is 0 Å². The van der Waals surface area contributed by atoms with E-state index in [4.69, 9.17) is 9.73 Å². The molecule has 1 aliphatic carbocycles. The van der Waals surface area contributed by atoms with Gasteiger partial charge in [0.15, 0.2) is 0 Å². The summed E-state index contributed by atoms with van der Waals surface area (Å²) in [5, 5.41) is 3.64. The highest BCUT2D eigenvalue weighted by Crippen LogP contribution is 2.47. The van der Waals surface area contributed by atoms with E-state index in [2.05, 4.69) is 79.6 Å². The molecule has 26 heavy (non-hydrogen) atoms. The minimum absolute atomic E-state index is 0.209. The van der Waals surface area contributed by atoms with Crippen molar-refractivity contribution in [2.75, 3.05) is 6.61 Å². The van der Waals surface area contributed by atoms with Gasteiger partial charge >= 0.3 is 0 Å². The summed E-state index contributed by atoms with van der Waals surface area (Å²) in [6, 6.07) is 21.4. The average molecular weight is 357 g/mol. The molecule has 0 saturated heterocycles. The number of nitrogens with zero attached hydrogens (tertiary/aromatic N) is 1. The smallest absolute Gasteiger partial charge is 0.226 e.